The monoisotopic (exact) mass is 389 g/mol. The van der Waals surface area contributed by atoms with Crippen molar-refractivity contribution in [3.05, 3.63) is 66.9 Å². The van der Waals surface area contributed by atoms with Gasteiger partial charge in [-0.05, 0) is 23.8 Å². The predicted molar refractivity (Wildman–Crippen MR) is 113 cm³/mol. The Morgan fingerprint density at radius 2 is 1.69 bits per heavy atom. The summed E-state index contributed by atoms with van der Waals surface area (Å²) in [5, 5.41) is 0. The van der Waals surface area contributed by atoms with Gasteiger partial charge in [0.05, 0.1) is 25.9 Å². The number of imidazole rings is 1. The minimum absolute atomic E-state index is 0.324. The number of aromatic nitrogens is 3. The van der Waals surface area contributed by atoms with Crippen molar-refractivity contribution in [2.45, 2.75) is 6.73 Å². The first kappa shape index (κ1) is 19.1. The second kappa shape index (κ2) is 8.86. The summed E-state index contributed by atoms with van der Waals surface area (Å²) in [7, 11) is 3.32. The van der Waals surface area contributed by atoms with Crippen LogP contribution in [0, 0.1) is 0 Å². The van der Waals surface area contributed by atoms with Crippen LogP contribution in [0.1, 0.15) is 0 Å². The smallest absolute Gasteiger partial charge is 0.162 e. The lowest BCUT2D eigenvalue weighted by Crippen LogP contribution is -2.09. The maximum absolute atomic E-state index is 5.79. The fraction of sp³-hybridized carbons (Fsp3) is 0.217. The predicted octanol–water partition coefficient (Wildman–Crippen LogP) is 4.39. The number of pyridine rings is 1. The van der Waals surface area contributed by atoms with Crippen LogP contribution < -0.4 is 4.74 Å². The van der Waals surface area contributed by atoms with E-state index in [1.54, 1.807) is 14.2 Å². The highest BCUT2D eigenvalue weighted by molar-refractivity contribution is 5.83. The van der Waals surface area contributed by atoms with Crippen LogP contribution in [0.5, 0.6) is 5.75 Å². The molecule has 0 N–H and O–H groups in total. The summed E-state index contributed by atoms with van der Waals surface area (Å²) in [4.78, 5) is 9.59. The summed E-state index contributed by atoms with van der Waals surface area (Å²) in [6, 6.07) is 20.0. The van der Waals surface area contributed by atoms with Crippen LogP contribution in [-0.2, 0) is 16.2 Å². The Labute approximate surface area is 169 Å². The molecule has 0 saturated heterocycles. The number of fused-ring (bicyclic) bond motifs is 1. The van der Waals surface area contributed by atoms with Crippen molar-refractivity contribution in [1.29, 1.82) is 0 Å². The standard InChI is InChI=1S/C23H23N3O3/c1-27-12-13-29-16-26-22(19-10-6-7-11-21(19)28-2)25-20-14-18(15-24-23(20)26)17-8-4-3-5-9-17/h3-11,14-15H,12-13,16H2,1-2H3. The van der Waals surface area contributed by atoms with Gasteiger partial charge in [0.15, 0.2) is 5.65 Å². The number of hydrogen-bond acceptors (Lipinski definition) is 5. The zero-order chi connectivity index (χ0) is 20.1. The van der Waals surface area contributed by atoms with E-state index in [2.05, 4.69) is 18.2 Å². The second-order valence-electron chi connectivity index (χ2n) is 6.53. The average Bonchev–Trinajstić information content (AvgIpc) is 3.15. The van der Waals surface area contributed by atoms with Crippen LogP contribution >= 0.6 is 0 Å². The fourth-order valence-electron chi connectivity index (χ4n) is 3.25. The summed E-state index contributed by atoms with van der Waals surface area (Å²) in [5.74, 6) is 1.51. The molecular weight excluding hydrogens is 366 g/mol. The van der Waals surface area contributed by atoms with Crippen LogP contribution in [0.4, 0.5) is 0 Å². The van der Waals surface area contributed by atoms with Gasteiger partial charge in [-0.15, -0.1) is 0 Å². The lowest BCUT2D eigenvalue weighted by molar-refractivity contribution is 0.0362. The summed E-state index contributed by atoms with van der Waals surface area (Å²) < 4.78 is 18.4. The van der Waals surface area contributed by atoms with E-state index in [0.29, 0.717) is 19.9 Å². The molecule has 4 aromatic rings. The van der Waals surface area contributed by atoms with E-state index >= 15 is 0 Å². The third kappa shape index (κ3) is 3.99. The number of methoxy groups -OCH3 is 2. The van der Waals surface area contributed by atoms with Crippen molar-refractivity contribution in [2.75, 3.05) is 27.4 Å². The number of benzene rings is 2. The minimum Gasteiger partial charge on any atom is -0.496 e. The van der Waals surface area contributed by atoms with E-state index in [4.69, 9.17) is 24.2 Å². The third-order valence-corrected chi connectivity index (χ3v) is 4.69. The highest BCUT2D eigenvalue weighted by Gasteiger charge is 2.17. The Kier molecular flexibility index (Phi) is 5.84. The lowest BCUT2D eigenvalue weighted by Gasteiger charge is -2.12. The van der Waals surface area contributed by atoms with E-state index in [1.165, 1.54) is 0 Å². The molecule has 0 saturated carbocycles. The van der Waals surface area contributed by atoms with Crippen LogP contribution in [0.15, 0.2) is 66.9 Å². The summed E-state index contributed by atoms with van der Waals surface area (Å²) in [6.07, 6.45) is 1.87. The van der Waals surface area contributed by atoms with Gasteiger partial charge < -0.3 is 14.2 Å². The number of ether oxygens (including phenoxy) is 3. The first-order valence-electron chi connectivity index (χ1n) is 9.43. The molecule has 0 spiro atoms. The quantitative estimate of drug-likeness (QED) is 0.418. The number of rotatable bonds is 8. The van der Waals surface area contributed by atoms with Gasteiger partial charge in [0.2, 0.25) is 0 Å². The molecule has 0 amide bonds. The molecule has 2 heterocycles. The van der Waals surface area contributed by atoms with Gasteiger partial charge >= 0.3 is 0 Å². The first-order chi connectivity index (χ1) is 14.3. The van der Waals surface area contributed by atoms with Crippen LogP contribution in [0.3, 0.4) is 0 Å². The zero-order valence-corrected chi connectivity index (χ0v) is 16.5. The molecule has 0 aliphatic rings. The van der Waals surface area contributed by atoms with Crippen molar-refractivity contribution in [3.8, 4) is 28.3 Å². The topological polar surface area (TPSA) is 58.4 Å². The zero-order valence-electron chi connectivity index (χ0n) is 16.5. The summed E-state index contributed by atoms with van der Waals surface area (Å²) in [6.45, 7) is 1.34. The fourth-order valence-corrected chi connectivity index (χ4v) is 3.25. The van der Waals surface area contributed by atoms with E-state index in [9.17, 15) is 0 Å². The molecule has 2 aromatic heterocycles. The second-order valence-corrected chi connectivity index (χ2v) is 6.53. The Bertz CT molecular complexity index is 1090. The van der Waals surface area contributed by atoms with E-state index in [-0.39, 0.29) is 0 Å². The van der Waals surface area contributed by atoms with Gasteiger partial charge in [0, 0.05) is 18.9 Å². The van der Waals surface area contributed by atoms with Crippen LogP contribution in [0.2, 0.25) is 0 Å². The van der Waals surface area contributed by atoms with E-state index in [0.717, 1.165) is 39.4 Å². The van der Waals surface area contributed by atoms with Gasteiger partial charge in [-0.2, -0.15) is 0 Å². The molecular formula is C23H23N3O3. The third-order valence-electron chi connectivity index (χ3n) is 4.69. The first-order valence-corrected chi connectivity index (χ1v) is 9.43. The molecule has 6 heteroatoms. The molecule has 0 aliphatic carbocycles. The van der Waals surface area contributed by atoms with E-state index in [1.807, 2.05) is 53.2 Å². The SMILES string of the molecule is COCCOCn1c(-c2ccccc2OC)nc2cc(-c3ccccc3)cnc21. The molecule has 0 bridgehead atoms. The molecule has 0 radical (unpaired) electrons. The molecule has 0 atom stereocenters. The Morgan fingerprint density at radius 1 is 0.897 bits per heavy atom. The molecule has 29 heavy (non-hydrogen) atoms. The largest absolute Gasteiger partial charge is 0.496 e. The molecule has 2 aromatic carbocycles. The van der Waals surface area contributed by atoms with Crippen molar-refractivity contribution in [3.63, 3.8) is 0 Å². The molecule has 148 valence electrons. The lowest BCUT2D eigenvalue weighted by atomic mass is 10.1. The van der Waals surface area contributed by atoms with Gasteiger partial charge in [0.1, 0.15) is 23.8 Å². The van der Waals surface area contributed by atoms with Crippen molar-refractivity contribution in [1.82, 2.24) is 14.5 Å². The Balaban J connectivity index is 1.81. The average molecular weight is 389 g/mol. The van der Waals surface area contributed by atoms with E-state index < -0.39 is 0 Å². The number of hydrogen-bond donors (Lipinski definition) is 0. The van der Waals surface area contributed by atoms with Crippen LogP contribution in [-0.4, -0.2) is 42.0 Å². The minimum atomic E-state index is 0.324. The maximum atomic E-state index is 5.79. The molecule has 6 nitrogen and oxygen atoms in total. The Morgan fingerprint density at radius 3 is 2.48 bits per heavy atom. The maximum Gasteiger partial charge on any atom is 0.162 e. The Hall–Kier alpha value is -3.22. The molecule has 0 unspecified atom stereocenters. The van der Waals surface area contributed by atoms with Crippen LogP contribution in [0.25, 0.3) is 33.7 Å². The van der Waals surface area contributed by atoms with Crippen molar-refractivity contribution >= 4 is 11.2 Å². The summed E-state index contributed by atoms with van der Waals surface area (Å²) in [5.41, 5.74) is 4.59. The van der Waals surface area contributed by atoms with Gasteiger partial charge in [-0.25, -0.2) is 9.97 Å². The molecule has 4 rings (SSSR count). The van der Waals surface area contributed by atoms with Gasteiger partial charge in [-0.1, -0.05) is 42.5 Å². The van der Waals surface area contributed by atoms with Crippen molar-refractivity contribution < 1.29 is 14.2 Å². The highest BCUT2D eigenvalue weighted by Crippen LogP contribution is 2.32. The molecule has 0 fully saturated rings. The van der Waals surface area contributed by atoms with Gasteiger partial charge in [-0.3, -0.25) is 4.57 Å². The molecule has 0 aliphatic heterocycles. The van der Waals surface area contributed by atoms with Gasteiger partial charge in [0.25, 0.3) is 0 Å². The van der Waals surface area contributed by atoms with Crippen molar-refractivity contribution in [2.24, 2.45) is 0 Å². The highest BCUT2D eigenvalue weighted by atomic mass is 16.5. The normalized spacial score (nSPS) is 11.1. The summed E-state index contributed by atoms with van der Waals surface area (Å²) >= 11 is 0. The number of nitrogens with zero attached hydrogens (tertiary/aromatic N) is 3. The number of para-hydroxylation sites is 1.